The molecule has 49 heavy (non-hydrogen) atoms. The van der Waals surface area contributed by atoms with E-state index in [0.717, 1.165) is 45.6 Å². The Bertz CT molecular complexity index is 2460. The van der Waals surface area contributed by atoms with Crippen LogP contribution in [0.15, 0.2) is 121 Å². The van der Waals surface area contributed by atoms with Crippen LogP contribution in [0.5, 0.6) is 0 Å². The summed E-state index contributed by atoms with van der Waals surface area (Å²) in [6.45, 7) is 4.77. The molecule has 252 valence electrons. The average Bonchev–Trinajstić information content (AvgIpc) is 4.13. The van der Waals surface area contributed by atoms with Crippen molar-refractivity contribution in [2.24, 2.45) is 0 Å². The summed E-state index contributed by atoms with van der Waals surface area (Å²) >= 11 is 0. The predicted octanol–water partition coefficient (Wildman–Crippen LogP) is 7.48. The maximum atomic E-state index is 5.74. The molecule has 6 heteroatoms. The first-order valence-electron chi connectivity index (χ1n) is 18.9. The van der Waals surface area contributed by atoms with E-state index in [4.69, 9.17) is 4.74 Å². The molecule has 11 aliphatic rings. The van der Waals surface area contributed by atoms with Crippen molar-refractivity contribution in [3.05, 3.63) is 121 Å². The van der Waals surface area contributed by atoms with Gasteiger partial charge in [0.25, 0.3) is 0 Å². The van der Waals surface area contributed by atoms with E-state index in [1.54, 1.807) is 21.2 Å². The third-order valence-corrected chi connectivity index (χ3v) is 80.2. The van der Waals surface area contributed by atoms with Gasteiger partial charge in [0.2, 0.25) is 0 Å². The Morgan fingerprint density at radius 2 is 1.14 bits per heavy atom. The van der Waals surface area contributed by atoms with E-state index < -0.39 is 14.4 Å². The molecule has 4 aromatic rings. The number of ether oxygens (including phenoxy) is 1. The Hall–Kier alpha value is -1.86. The number of morpholine rings is 1. The van der Waals surface area contributed by atoms with Gasteiger partial charge in [-0.05, 0) is 0 Å². The summed E-state index contributed by atoms with van der Waals surface area (Å²) < 4.78 is 7.66. The van der Waals surface area contributed by atoms with Gasteiger partial charge in [0, 0.05) is 0 Å². The molecule has 15 rings (SSSR count). The Balaban J connectivity index is 1.00. The van der Waals surface area contributed by atoms with Crippen molar-refractivity contribution >= 4 is 37.1 Å². The summed E-state index contributed by atoms with van der Waals surface area (Å²) in [7, 11) is 1.74. The second kappa shape index (κ2) is 5.07. The molecule has 0 aromatic heterocycles. The van der Waals surface area contributed by atoms with Crippen LogP contribution in [0.2, 0.25) is 38.0 Å². The van der Waals surface area contributed by atoms with Gasteiger partial charge in [-0.2, -0.15) is 0 Å². The summed E-state index contributed by atoms with van der Waals surface area (Å²) in [6.07, 6.45) is 0. The quantitative estimate of drug-likeness (QED) is 0.118. The van der Waals surface area contributed by atoms with Crippen LogP contribution in [0.3, 0.4) is 0 Å². The third-order valence-electron chi connectivity index (χ3n) is 22.8. The van der Waals surface area contributed by atoms with Gasteiger partial charge >= 0.3 is 285 Å². The van der Waals surface area contributed by atoms with Gasteiger partial charge in [0.05, 0.1) is 0 Å². The molecule has 11 heterocycles. The van der Waals surface area contributed by atoms with Gasteiger partial charge in [-0.3, -0.25) is 0 Å². The average molecular weight is 725 g/mol. The summed E-state index contributed by atoms with van der Waals surface area (Å²) in [5.74, 6) is 0. The number of rotatable bonds is 11. The van der Waals surface area contributed by atoms with Crippen LogP contribution < -0.4 is 21.2 Å². The molecule has 8 unspecified atom stereocenters. The zero-order valence-electron chi connectivity index (χ0n) is 28.5. The molecule has 3 nitrogen and oxygen atoms in total. The summed E-state index contributed by atoms with van der Waals surface area (Å²) in [6, 6.07) is 49.3. The topological polar surface area (TPSA) is 15.7 Å². The zero-order chi connectivity index (χ0) is 32.1. The molecule has 11 saturated heterocycles. The van der Waals surface area contributed by atoms with E-state index in [1.807, 2.05) is 0 Å². The molecule has 0 bridgehead atoms. The fourth-order valence-electron chi connectivity index (χ4n) is 24.3. The molecule has 4 aromatic carbocycles. The van der Waals surface area contributed by atoms with Crippen LogP contribution in [0.1, 0.15) is 6.92 Å². The Kier molecular flexibility index (Phi) is 2.78. The van der Waals surface area contributed by atoms with Crippen molar-refractivity contribution < 1.29 is 11.2 Å². The number of nitrogens with zero attached hydrogens (tertiary/aromatic N) is 2. The van der Waals surface area contributed by atoms with E-state index in [-0.39, 0.29) is 7.92 Å². The first kappa shape index (κ1) is 26.8. The minimum absolute atomic E-state index is 0.387. The normalized spacial score (nSPS) is 55.2. The van der Waals surface area contributed by atoms with Crippen molar-refractivity contribution in [1.29, 1.82) is 0 Å². The number of fused-ring (bicyclic) bond motifs is 10. The van der Waals surface area contributed by atoms with Gasteiger partial charge < -0.3 is 0 Å². The van der Waals surface area contributed by atoms with Crippen molar-refractivity contribution in [2.75, 3.05) is 46.4 Å². The number of benzene rings is 4. The SMILES string of the molecule is C[C@@H](N(C)CCN1CCOCC1)[C@]12[CH]3[CH]4[CH]5[C]1(P(c1ccccc1)c1ccccc1)[Fe]45321678[CH]2[CH]1[CH]6[C]7(P(c1ccccc1)c1ccccc1)[CH]28. The first-order chi connectivity index (χ1) is 23.9. The van der Waals surface area contributed by atoms with Gasteiger partial charge in [-0.25, -0.2) is 0 Å². The van der Waals surface area contributed by atoms with Crippen molar-refractivity contribution in [1.82, 2.24) is 9.80 Å². The Morgan fingerprint density at radius 1 is 0.673 bits per heavy atom. The number of hydrogen-bond acceptors (Lipinski definition) is 3. The van der Waals surface area contributed by atoms with Gasteiger partial charge in [0.15, 0.2) is 0 Å². The number of likely N-dealkylation sites (N-methyl/N-ethyl adjacent to an activating group) is 1. The molecule has 10 atom stereocenters. The molecule has 11 aliphatic heterocycles. The summed E-state index contributed by atoms with van der Waals surface area (Å²) in [5, 5.41) is 6.83. The van der Waals surface area contributed by atoms with Crippen molar-refractivity contribution in [3.8, 4) is 0 Å². The predicted molar refractivity (Wildman–Crippen MR) is 202 cm³/mol. The Morgan fingerprint density at radius 3 is 1.59 bits per heavy atom. The second-order valence-electron chi connectivity index (χ2n) is 19.4. The fraction of sp³-hybridized carbons (Fsp3) is 0.442. The zero-order valence-corrected chi connectivity index (χ0v) is 31.4. The van der Waals surface area contributed by atoms with Crippen LogP contribution in [0.4, 0.5) is 0 Å². The van der Waals surface area contributed by atoms with E-state index in [1.165, 1.54) is 27.5 Å². The van der Waals surface area contributed by atoms with Crippen molar-refractivity contribution in [3.63, 3.8) is 0 Å². The van der Waals surface area contributed by atoms with Crippen LogP contribution in [0, 0.1) is 0 Å². The monoisotopic (exact) mass is 724 g/mol. The molecule has 0 N–H and O–H groups in total. The molecular formula is C43H46FeN2OP2. The summed E-state index contributed by atoms with van der Waals surface area (Å²) in [5.41, 5.74) is 0. The van der Waals surface area contributed by atoms with E-state index in [2.05, 4.69) is 145 Å². The van der Waals surface area contributed by atoms with Crippen molar-refractivity contribution in [2.45, 2.75) is 59.1 Å². The minimum atomic E-state index is -4.41. The van der Waals surface area contributed by atoms with Gasteiger partial charge in [0.1, 0.15) is 0 Å². The van der Waals surface area contributed by atoms with E-state index in [9.17, 15) is 0 Å². The standard InChI is InChI=1S/C26H32N2OP.C17H14P.Fe/c1-22(27(2)16-17-28-18-20-29-21-19-28)25-14-9-15-26(25)30(23-10-5-3-6-11-23)24-12-7-4-8-13-24;1-3-9-15(10-4-1)18(17-13-7-8-14-17)16-11-5-2-6-12-16;/h3-15,22H,16-21H2,1-2H3;1-14H;/t22-;;/m1../s1. The molecule has 11 fully saturated rings. The first-order valence-corrected chi connectivity index (χ1v) is 27.7. The summed E-state index contributed by atoms with van der Waals surface area (Å²) in [4.78, 5) is 13.7. The molecule has 0 saturated carbocycles. The van der Waals surface area contributed by atoms with Gasteiger partial charge in [-0.1, -0.05) is 0 Å². The van der Waals surface area contributed by atoms with Crippen LogP contribution in [0.25, 0.3) is 0 Å². The molecule has 1 spiro atoms. The van der Waals surface area contributed by atoms with E-state index >= 15 is 0 Å². The molecule has 0 radical (unpaired) electrons. The van der Waals surface area contributed by atoms with Crippen LogP contribution >= 0.6 is 15.8 Å². The second-order valence-corrected chi connectivity index (χ2v) is 48.0. The fourth-order valence-corrected chi connectivity index (χ4v) is 133. The molecule has 0 aliphatic carbocycles. The number of hydrogen-bond donors (Lipinski definition) is 0. The molecular weight excluding hydrogens is 678 g/mol. The third kappa shape index (κ3) is 0.872. The van der Waals surface area contributed by atoms with Crippen LogP contribution in [-0.4, -0.2) is 70.4 Å². The maximum absolute atomic E-state index is 5.74. The van der Waals surface area contributed by atoms with Gasteiger partial charge in [-0.15, -0.1) is 0 Å². The molecule has 0 amide bonds. The van der Waals surface area contributed by atoms with Crippen LogP contribution in [-0.2, 0) is 11.2 Å². The van der Waals surface area contributed by atoms with E-state index in [0.29, 0.717) is 18.5 Å². The Labute approximate surface area is 283 Å².